The molecule has 1 rings (SSSR count). The van der Waals surface area contributed by atoms with Gasteiger partial charge in [0, 0.05) is 11.6 Å². The Kier molecular flexibility index (Phi) is 5.14. The van der Waals surface area contributed by atoms with E-state index < -0.39 is 29.7 Å². The monoisotopic (exact) mass is 285 g/mol. The quantitative estimate of drug-likeness (QED) is 0.396. The van der Waals surface area contributed by atoms with Crippen molar-refractivity contribution in [3.63, 3.8) is 0 Å². The van der Waals surface area contributed by atoms with Crippen LogP contribution >= 0.6 is 0 Å². The van der Waals surface area contributed by atoms with E-state index in [-0.39, 0.29) is 22.4 Å². The molecule has 1 aromatic carbocycles. The first-order chi connectivity index (χ1) is 9.33. The Morgan fingerprint density at radius 1 is 1.45 bits per heavy atom. The van der Waals surface area contributed by atoms with E-state index in [1.54, 1.807) is 0 Å². The molecular weight excluding hydrogens is 270 g/mol. The number of methoxy groups -OCH3 is 1. The van der Waals surface area contributed by atoms with E-state index in [1.165, 1.54) is 13.0 Å². The van der Waals surface area contributed by atoms with Gasteiger partial charge in [0.25, 0.3) is 5.69 Å². The zero-order valence-electron chi connectivity index (χ0n) is 10.9. The summed E-state index contributed by atoms with van der Waals surface area (Å²) in [7, 11) is 1.12. The molecule has 0 bridgehead atoms. The number of rotatable bonds is 5. The van der Waals surface area contributed by atoms with Crippen molar-refractivity contribution in [1.29, 1.82) is 0 Å². The van der Waals surface area contributed by atoms with Gasteiger partial charge in [0.15, 0.2) is 0 Å². The maximum atomic E-state index is 11.6. The molecule has 0 fully saturated rings. The van der Waals surface area contributed by atoms with E-state index in [0.717, 1.165) is 13.2 Å². The Hall–Kier alpha value is -2.03. The van der Waals surface area contributed by atoms with Crippen LogP contribution in [0.15, 0.2) is 12.1 Å². The highest BCUT2D eigenvalue weighted by Crippen LogP contribution is 2.28. The van der Waals surface area contributed by atoms with Crippen LogP contribution in [0.25, 0.3) is 0 Å². The Balaban J connectivity index is 3.44. The van der Waals surface area contributed by atoms with Crippen molar-refractivity contribution in [1.82, 2.24) is 0 Å². The van der Waals surface area contributed by atoms with Gasteiger partial charge in [-0.2, -0.15) is 0 Å². The summed E-state index contributed by atoms with van der Waals surface area (Å²) in [5, 5.41) is 38.9. The molecule has 3 N–H and O–H groups in total. The van der Waals surface area contributed by atoms with Gasteiger partial charge >= 0.3 is 5.97 Å². The van der Waals surface area contributed by atoms with Gasteiger partial charge in [0.2, 0.25) is 0 Å². The maximum Gasteiger partial charge on any atom is 0.338 e. The molecule has 2 atom stereocenters. The molecule has 0 saturated heterocycles. The summed E-state index contributed by atoms with van der Waals surface area (Å²) in [5.74, 6) is -0.793. The lowest BCUT2D eigenvalue weighted by molar-refractivity contribution is -0.385. The van der Waals surface area contributed by atoms with E-state index in [4.69, 9.17) is 5.11 Å². The summed E-state index contributed by atoms with van der Waals surface area (Å²) in [4.78, 5) is 21.8. The molecule has 8 heteroatoms. The molecule has 0 aliphatic rings. The van der Waals surface area contributed by atoms with E-state index in [2.05, 4.69) is 4.74 Å². The van der Waals surface area contributed by atoms with Crippen LogP contribution in [-0.2, 0) is 4.74 Å². The summed E-state index contributed by atoms with van der Waals surface area (Å²) in [6.45, 7) is 0.652. The number of aliphatic hydroxyl groups excluding tert-OH is 3. The molecule has 0 aliphatic heterocycles. The predicted molar refractivity (Wildman–Crippen MR) is 67.2 cm³/mol. The number of ether oxygens (including phenoxy) is 1. The number of nitro groups is 1. The lowest BCUT2D eigenvalue weighted by Crippen LogP contribution is -2.22. The minimum absolute atomic E-state index is 0.0516. The van der Waals surface area contributed by atoms with Crippen LogP contribution in [-0.4, -0.2) is 46.0 Å². The molecule has 1 aromatic rings. The smallest absolute Gasteiger partial charge is 0.338 e. The summed E-state index contributed by atoms with van der Waals surface area (Å²) < 4.78 is 4.52. The number of carbonyl (C=O) groups is 1. The Morgan fingerprint density at radius 2 is 2.05 bits per heavy atom. The molecule has 20 heavy (non-hydrogen) atoms. The number of esters is 1. The Labute approximate surface area is 114 Å². The maximum absolute atomic E-state index is 11.6. The van der Waals surface area contributed by atoms with Gasteiger partial charge in [-0.1, -0.05) is 0 Å². The molecule has 0 aromatic heterocycles. The molecule has 110 valence electrons. The molecular formula is C12H15NO7. The van der Waals surface area contributed by atoms with Crippen molar-refractivity contribution >= 4 is 11.7 Å². The number of nitrogens with zero attached hydrogens (tertiary/aromatic N) is 1. The average molecular weight is 285 g/mol. The van der Waals surface area contributed by atoms with Gasteiger partial charge in [-0.3, -0.25) is 10.1 Å². The minimum atomic E-state index is -1.55. The summed E-state index contributed by atoms with van der Waals surface area (Å²) in [5.41, 5.74) is -0.423. The van der Waals surface area contributed by atoms with Gasteiger partial charge in [-0.15, -0.1) is 0 Å². The zero-order valence-corrected chi connectivity index (χ0v) is 10.9. The molecule has 0 spiro atoms. The van der Waals surface area contributed by atoms with Crippen LogP contribution in [0.2, 0.25) is 0 Å². The second-order valence-corrected chi connectivity index (χ2v) is 4.16. The molecule has 0 saturated carbocycles. The van der Waals surface area contributed by atoms with Crippen molar-refractivity contribution in [2.75, 3.05) is 13.7 Å². The second kappa shape index (κ2) is 6.42. The molecule has 0 amide bonds. The van der Waals surface area contributed by atoms with Crippen LogP contribution in [0.3, 0.4) is 0 Å². The molecule has 0 heterocycles. The minimum Gasteiger partial charge on any atom is -0.465 e. The number of nitro benzene ring substituents is 1. The standard InChI is InChI=1S/C12H15NO7/c1-6-8(12(17)20-2)3-7(4-9(6)13(18)19)11(16)10(15)5-14/h3-4,10-11,14-16H,5H2,1-2H3. The largest absolute Gasteiger partial charge is 0.465 e. The van der Waals surface area contributed by atoms with E-state index in [9.17, 15) is 25.1 Å². The van der Waals surface area contributed by atoms with Crippen LogP contribution in [0.5, 0.6) is 0 Å². The van der Waals surface area contributed by atoms with Crippen molar-refractivity contribution in [2.24, 2.45) is 0 Å². The number of carbonyl (C=O) groups excluding carboxylic acids is 1. The van der Waals surface area contributed by atoms with Crippen LogP contribution in [0, 0.1) is 17.0 Å². The highest BCUT2D eigenvalue weighted by atomic mass is 16.6. The van der Waals surface area contributed by atoms with Gasteiger partial charge in [-0.05, 0) is 18.6 Å². The highest BCUT2D eigenvalue weighted by Gasteiger charge is 2.26. The van der Waals surface area contributed by atoms with Crippen LogP contribution < -0.4 is 0 Å². The van der Waals surface area contributed by atoms with Crippen molar-refractivity contribution < 1.29 is 29.8 Å². The van der Waals surface area contributed by atoms with Gasteiger partial charge in [-0.25, -0.2) is 4.79 Å². The fraction of sp³-hybridized carbons (Fsp3) is 0.417. The fourth-order valence-corrected chi connectivity index (χ4v) is 1.73. The van der Waals surface area contributed by atoms with Crippen molar-refractivity contribution in [3.05, 3.63) is 38.9 Å². The fourth-order valence-electron chi connectivity index (χ4n) is 1.73. The Morgan fingerprint density at radius 3 is 2.50 bits per heavy atom. The second-order valence-electron chi connectivity index (χ2n) is 4.16. The van der Waals surface area contributed by atoms with E-state index in [0.29, 0.717) is 0 Å². The first kappa shape index (κ1) is 16.0. The summed E-state index contributed by atoms with van der Waals surface area (Å²) in [6.07, 6.45) is -3.06. The third kappa shape index (κ3) is 3.10. The van der Waals surface area contributed by atoms with Gasteiger partial charge < -0.3 is 20.1 Å². The molecule has 0 radical (unpaired) electrons. The van der Waals surface area contributed by atoms with Crippen molar-refractivity contribution in [3.8, 4) is 0 Å². The first-order valence-electron chi connectivity index (χ1n) is 5.67. The van der Waals surface area contributed by atoms with Crippen molar-refractivity contribution in [2.45, 2.75) is 19.1 Å². The summed E-state index contributed by atoms with van der Waals surface area (Å²) in [6, 6.07) is 2.24. The average Bonchev–Trinajstić information content (AvgIpc) is 2.44. The number of aliphatic hydroxyl groups is 3. The molecule has 2 unspecified atom stereocenters. The SMILES string of the molecule is COC(=O)c1cc(C(O)C(O)CO)cc([N+](=O)[O-])c1C. The lowest BCUT2D eigenvalue weighted by atomic mass is 9.97. The number of hydrogen-bond acceptors (Lipinski definition) is 7. The highest BCUT2D eigenvalue weighted by molar-refractivity contribution is 5.92. The zero-order chi connectivity index (χ0) is 15.4. The van der Waals surface area contributed by atoms with E-state index >= 15 is 0 Å². The lowest BCUT2D eigenvalue weighted by Gasteiger charge is -2.17. The number of benzene rings is 1. The van der Waals surface area contributed by atoms with Gasteiger partial charge in [0.1, 0.15) is 12.2 Å². The normalized spacial score (nSPS) is 13.7. The first-order valence-corrected chi connectivity index (χ1v) is 5.67. The topological polar surface area (TPSA) is 130 Å². The van der Waals surface area contributed by atoms with Crippen LogP contribution in [0.4, 0.5) is 5.69 Å². The molecule has 0 aliphatic carbocycles. The third-order valence-corrected chi connectivity index (χ3v) is 2.90. The number of hydrogen-bond donors (Lipinski definition) is 3. The predicted octanol–water partition coefficient (Wildman–Crippen LogP) is 0.0764. The van der Waals surface area contributed by atoms with E-state index in [1.807, 2.05) is 0 Å². The van der Waals surface area contributed by atoms with Crippen LogP contribution in [0.1, 0.15) is 27.6 Å². The summed E-state index contributed by atoms with van der Waals surface area (Å²) >= 11 is 0. The molecule has 8 nitrogen and oxygen atoms in total. The third-order valence-electron chi connectivity index (χ3n) is 2.90. The van der Waals surface area contributed by atoms with Gasteiger partial charge in [0.05, 0.1) is 24.2 Å². The Bertz CT molecular complexity index is 529.